The first kappa shape index (κ1) is 14.7. The fourth-order valence-electron chi connectivity index (χ4n) is 1.67. The van der Waals surface area contributed by atoms with Gasteiger partial charge in [0.15, 0.2) is 0 Å². The van der Waals surface area contributed by atoms with Gasteiger partial charge in [0.25, 0.3) is 0 Å². The lowest BCUT2D eigenvalue weighted by Crippen LogP contribution is -2.04. The van der Waals surface area contributed by atoms with Crippen LogP contribution in [-0.2, 0) is 6.18 Å². The highest BCUT2D eigenvalue weighted by atomic mass is 19.4. The van der Waals surface area contributed by atoms with E-state index in [0.29, 0.717) is 5.75 Å². The van der Waals surface area contributed by atoms with Crippen molar-refractivity contribution in [3.63, 3.8) is 0 Å². The van der Waals surface area contributed by atoms with Gasteiger partial charge in [0.1, 0.15) is 23.3 Å². The summed E-state index contributed by atoms with van der Waals surface area (Å²) in [5.41, 5.74) is -0.616. The van der Waals surface area contributed by atoms with E-state index in [-0.39, 0.29) is 17.1 Å². The van der Waals surface area contributed by atoms with E-state index < -0.39 is 11.7 Å². The number of halogens is 3. The standard InChI is InChI=1S/C15H10F3NO2/c1-20-12-6-5-10(9-19)14(8-12)21-13-4-2-3-11(7-13)15(16,17)18/h2-8H,1H3. The summed E-state index contributed by atoms with van der Waals surface area (Å²) in [4.78, 5) is 0. The molecule has 108 valence electrons. The number of alkyl halides is 3. The number of nitriles is 1. The first-order valence-corrected chi connectivity index (χ1v) is 5.87. The Morgan fingerprint density at radius 3 is 2.43 bits per heavy atom. The van der Waals surface area contributed by atoms with E-state index in [4.69, 9.17) is 14.7 Å². The SMILES string of the molecule is COc1ccc(C#N)c(Oc2cccc(C(F)(F)F)c2)c1. The van der Waals surface area contributed by atoms with Gasteiger partial charge in [0, 0.05) is 6.07 Å². The van der Waals surface area contributed by atoms with E-state index in [9.17, 15) is 13.2 Å². The Morgan fingerprint density at radius 2 is 1.81 bits per heavy atom. The third-order valence-electron chi connectivity index (χ3n) is 2.70. The maximum Gasteiger partial charge on any atom is 0.416 e. The normalized spacial score (nSPS) is 10.8. The fourth-order valence-corrected chi connectivity index (χ4v) is 1.67. The molecule has 2 rings (SSSR count). The van der Waals surface area contributed by atoms with Crippen LogP contribution in [0.2, 0.25) is 0 Å². The Morgan fingerprint density at radius 1 is 1.05 bits per heavy atom. The molecule has 0 fully saturated rings. The molecule has 0 bridgehead atoms. The number of hydrogen-bond acceptors (Lipinski definition) is 3. The van der Waals surface area contributed by atoms with Crippen LogP contribution < -0.4 is 9.47 Å². The summed E-state index contributed by atoms with van der Waals surface area (Å²) >= 11 is 0. The van der Waals surface area contributed by atoms with Crippen LogP contribution >= 0.6 is 0 Å². The lowest BCUT2D eigenvalue weighted by Gasteiger charge is -2.11. The van der Waals surface area contributed by atoms with Gasteiger partial charge in [0.2, 0.25) is 0 Å². The Labute approximate surface area is 119 Å². The van der Waals surface area contributed by atoms with Gasteiger partial charge in [-0.2, -0.15) is 18.4 Å². The summed E-state index contributed by atoms with van der Waals surface area (Å²) in [5, 5.41) is 8.99. The smallest absolute Gasteiger partial charge is 0.416 e. The maximum absolute atomic E-state index is 12.6. The van der Waals surface area contributed by atoms with Gasteiger partial charge < -0.3 is 9.47 Å². The maximum atomic E-state index is 12.6. The van der Waals surface area contributed by atoms with Crippen molar-refractivity contribution in [2.75, 3.05) is 7.11 Å². The fraction of sp³-hybridized carbons (Fsp3) is 0.133. The van der Waals surface area contributed by atoms with Crippen molar-refractivity contribution in [3.05, 3.63) is 53.6 Å². The molecule has 0 N–H and O–H groups in total. The quantitative estimate of drug-likeness (QED) is 0.843. The number of methoxy groups -OCH3 is 1. The zero-order valence-electron chi connectivity index (χ0n) is 10.9. The van der Waals surface area contributed by atoms with E-state index in [0.717, 1.165) is 12.1 Å². The molecule has 21 heavy (non-hydrogen) atoms. The summed E-state index contributed by atoms with van der Waals surface area (Å²) in [5.74, 6) is 0.571. The molecule has 3 nitrogen and oxygen atoms in total. The van der Waals surface area contributed by atoms with Crippen LogP contribution in [-0.4, -0.2) is 7.11 Å². The van der Waals surface area contributed by atoms with Crippen molar-refractivity contribution in [2.24, 2.45) is 0 Å². The van der Waals surface area contributed by atoms with Gasteiger partial charge in [-0.25, -0.2) is 0 Å². The van der Waals surface area contributed by atoms with Gasteiger partial charge in [-0.15, -0.1) is 0 Å². The lowest BCUT2D eigenvalue weighted by atomic mass is 10.2. The molecule has 0 saturated carbocycles. The Balaban J connectivity index is 2.36. The number of hydrogen-bond donors (Lipinski definition) is 0. The zero-order chi connectivity index (χ0) is 15.5. The van der Waals surface area contributed by atoms with Gasteiger partial charge in [0.05, 0.1) is 18.2 Å². The molecule has 6 heteroatoms. The van der Waals surface area contributed by atoms with E-state index in [2.05, 4.69) is 0 Å². The van der Waals surface area contributed by atoms with Gasteiger partial charge in [-0.1, -0.05) is 6.07 Å². The second-order valence-corrected chi connectivity index (χ2v) is 4.10. The van der Waals surface area contributed by atoms with Gasteiger partial charge >= 0.3 is 6.18 Å². The van der Waals surface area contributed by atoms with Crippen molar-refractivity contribution in [1.29, 1.82) is 5.26 Å². The first-order chi connectivity index (χ1) is 9.94. The summed E-state index contributed by atoms with van der Waals surface area (Å²) in [6, 6.07) is 10.8. The number of benzene rings is 2. The number of rotatable bonds is 3. The minimum atomic E-state index is -4.45. The Bertz CT molecular complexity index is 690. The molecule has 2 aromatic carbocycles. The van der Waals surface area contributed by atoms with Crippen LogP contribution in [0.3, 0.4) is 0 Å². The van der Waals surface area contributed by atoms with Crippen molar-refractivity contribution in [1.82, 2.24) is 0 Å². The molecule has 0 heterocycles. The lowest BCUT2D eigenvalue weighted by molar-refractivity contribution is -0.137. The molecule has 0 aliphatic carbocycles. The predicted octanol–water partition coefficient (Wildman–Crippen LogP) is 4.38. The number of nitrogens with zero attached hydrogens (tertiary/aromatic N) is 1. The van der Waals surface area contributed by atoms with Crippen LogP contribution in [0.5, 0.6) is 17.2 Å². The van der Waals surface area contributed by atoms with Crippen molar-refractivity contribution >= 4 is 0 Å². The molecule has 0 aromatic heterocycles. The van der Waals surface area contributed by atoms with Crippen LogP contribution in [0.25, 0.3) is 0 Å². The highest BCUT2D eigenvalue weighted by Gasteiger charge is 2.30. The molecular formula is C15H10F3NO2. The molecule has 0 atom stereocenters. The molecular weight excluding hydrogens is 283 g/mol. The summed E-state index contributed by atoms with van der Waals surface area (Å²) < 4.78 is 48.3. The molecule has 2 aromatic rings. The minimum absolute atomic E-state index is 0.00502. The summed E-state index contributed by atoms with van der Waals surface area (Å²) in [6.07, 6.45) is -4.45. The molecule has 0 amide bonds. The van der Waals surface area contributed by atoms with Crippen molar-refractivity contribution < 1.29 is 22.6 Å². The van der Waals surface area contributed by atoms with E-state index in [1.807, 2.05) is 6.07 Å². The van der Waals surface area contributed by atoms with Crippen LogP contribution in [0.15, 0.2) is 42.5 Å². The molecule has 0 aliphatic rings. The summed E-state index contributed by atoms with van der Waals surface area (Å²) in [6.45, 7) is 0. The van der Waals surface area contributed by atoms with E-state index >= 15 is 0 Å². The Kier molecular flexibility index (Phi) is 4.03. The highest BCUT2D eigenvalue weighted by Crippen LogP contribution is 2.34. The molecule has 0 spiro atoms. The largest absolute Gasteiger partial charge is 0.497 e. The Hall–Kier alpha value is -2.68. The molecule has 0 aliphatic heterocycles. The van der Waals surface area contributed by atoms with Crippen LogP contribution in [0.4, 0.5) is 13.2 Å². The average Bonchev–Trinajstić information content (AvgIpc) is 2.46. The molecule has 0 unspecified atom stereocenters. The monoisotopic (exact) mass is 293 g/mol. The van der Waals surface area contributed by atoms with Crippen LogP contribution in [0, 0.1) is 11.3 Å². The topological polar surface area (TPSA) is 42.2 Å². The van der Waals surface area contributed by atoms with E-state index in [1.165, 1.54) is 31.4 Å². The van der Waals surface area contributed by atoms with E-state index in [1.54, 1.807) is 6.07 Å². The minimum Gasteiger partial charge on any atom is -0.497 e. The van der Waals surface area contributed by atoms with Gasteiger partial charge in [-0.3, -0.25) is 0 Å². The summed E-state index contributed by atoms with van der Waals surface area (Å²) in [7, 11) is 1.44. The third kappa shape index (κ3) is 3.45. The third-order valence-corrected chi connectivity index (χ3v) is 2.70. The highest BCUT2D eigenvalue weighted by molar-refractivity contribution is 5.49. The second-order valence-electron chi connectivity index (χ2n) is 4.10. The average molecular weight is 293 g/mol. The molecule has 0 radical (unpaired) electrons. The van der Waals surface area contributed by atoms with Gasteiger partial charge in [-0.05, 0) is 30.3 Å². The first-order valence-electron chi connectivity index (χ1n) is 5.87. The number of ether oxygens (including phenoxy) is 2. The zero-order valence-corrected chi connectivity index (χ0v) is 10.9. The molecule has 0 saturated heterocycles. The van der Waals surface area contributed by atoms with Crippen molar-refractivity contribution in [2.45, 2.75) is 6.18 Å². The van der Waals surface area contributed by atoms with Crippen LogP contribution in [0.1, 0.15) is 11.1 Å². The second kappa shape index (κ2) is 5.75. The predicted molar refractivity (Wildman–Crippen MR) is 69.2 cm³/mol. The van der Waals surface area contributed by atoms with Crippen molar-refractivity contribution in [3.8, 4) is 23.3 Å².